The average molecular weight is 1980 g/mol. The summed E-state index contributed by atoms with van der Waals surface area (Å²) < 4.78 is 146. The fourth-order valence-corrected chi connectivity index (χ4v) is 24.0. The number of allylic oxidation sites excluding steroid dienone is 3. The molecule has 13 heterocycles. The van der Waals surface area contributed by atoms with Gasteiger partial charge in [-0.1, -0.05) is 148 Å². The molecule has 6 aromatic rings. The monoisotopic (exact) mass is 1970 g/mol. The van der Waals surface area contributed by atoms with E-state index >= 15 is 22.0 Å². The number of aliphatic carboxylic acids is 1. The van der Waals surface area contributed by atoms with Crippen molar-refractivity contribution in [1.82, 2.24) is 59.5 Å². The number of likely N-dealkylation sites (tertiary alicyclic amines) is 2. The van der Waals surface area contributed by atoms with Gasteiger partial charge in [-0.25, -0.2) is 65.5 Å². The number of carbonyl (C=O) groups excluding carboxylic acids is 5. The lowest BCUT2D eigenvalue weighted by molar-refractivity contribution is -0.193. The molecule has 10 aliphatic heterocycles. The zero-order valence-electron chi connectivity index (χ0n) is 71.6. The second kappa shape index (κ2) is 34.5. The third-order valence-electron chi connectivity index (χ3n) is 26.1. The van der Waals surface area contributed by atoms with E-state index in [0.717, 1.165) is 68.4 Å². The van der Waals surface area contributed by atoms with Gasteiger partial charge in [-0.2, -0.15) is 13.2 Å². The minimum atomic E-state index is -5.11. The molecule has 0 unspecified atom stereocenters. The smallest absolute Gasteiger partial charge is 0.471 e. The maximum atomic E-state index is 15.3. The summed E-state index contributed by atoms with van der Waals surface area (Å²) in [4.78, 5) is 121. The van der Waals surface area contributed by atoms with Gasteiger partial charge >= 0.3 is 18.1 Å². The SMILES string of the molecule is CC(C)C1=C(C(=O)N2CC(F)(F)C[C@H]2C(=O)N2CC3(CC3)N(C(=O)C(F)(F)F)C[C@@H]2C)SC2=N[C@@](C)(c3ccc(Cl)nc3)[C@@H](c3ccc(Cl)c(F)c3)N21.CC(C)C1=C(C(=O)N2CC(F)(F)C[C@H]2C(=O)N2CC3(CC3)NC[C@@H]2C)SC2=N[C@@](C)(c3ccc(Cl)nc3)[C@@H](c3ccc(Cl)c(F)c3)N21.CC(C)C1=C(C(=O)O)SC2=N[C@@](C)(c3ccc(Cl)nc3)[C@@H](c3ccc(Cl)c(F)c3)N21. The number of aromatic nitrogens is 3. The lowest BCUT2D eigenvalue weighted by atomic mass is 9.81. The van der Waals surface area contributed by atoms with Crippen LogP contribution in [-0.2, 0) is 45.4 Å². The second-order valence-corrected chi connectivity index (χ2v) is 41.6. The Morgan fingerprint density at radius 2 is 0.823 bits per heavy atom. The van der Waals surface area contributed by atoms with E-state index in [1.54, 1.807) is 70.9 Å². The number of rotatable bonds is 14. The van der Waals surface area contributed by atoms with Crippen molar-refractivity contribution >= 4 is 156 Å². The van der Waals surface area contributed by atoms with E-state index in [0.29, 0.717) is 83.8 Å². The molecule has 2 spiro atoms. The van der Waals surface area contributed by atoms with Crippen LogP contribution in [0.1, 0.15) is 166 Å². The zero-order valence-corrected chi connectivity index (χ0v) is 78.6. The van der Waals surface area contributed by atoms with Crippen LogP contribution in [0.5, 0.6) is 0 Å². The fraction of sp³-hybridized carbons (Fsp3) is 0.461. The molecule has 12 aliphatic rings. The van der Waals surface area contributed by atoms with Crippen molar-refractivity contribution in [3.63, 3.8) is 0 Å². The van der Waals surface area contributed by atoms with E-state index in [9.17, 15) is 55.8 Å². The van der Waals surface area contributed by atoms with Crippen molar-refractivity contribution in [2.24, 2.45) is 32.7 Å². The van der Waals surface area contributed by atoms with Gasteiger partial charge in [-0.3, -0.25) is 24.0 Å². The number of thioether (sulfide) groups is 3. The largest absolute Gasteiger partial charge is 0.477 e. The molecule has 4 saturated heterocycles. The van der Waals surface area contributed by atoms with Crippen LogP contribution in [0.15, 0.2) is 156 Å². The lowest BCUT2D eigenvalue weighted by Gasteiger charge is -2.47. The first-order valence-electron chi connectivity index (χ1n) is 41.9. The Morgan fingerprint density at radius 3 is 1.13 bits per heavy atom. The number of amides is 5. The van der Waals surface area contributed by atoms with Gasteiger partial charge in [0.25, 0.3) is 23.7 Å². The number of benzene rings is 3. The summed E-state index contributed by atoms with van der Waals surface area (Å²) in [5.41, 5.74) is 1.09. The van der Waals surface area contributed by atoms with Crippen molar-refractivity contribution in [1.29, 1.82) is 0 Å². The van der Waals surface area contributed by atoms with Crippen LogP contribution < -0.4 is 5.32 Å². The normalized spacial score (nSPS) is 27.2. The van der Waals surface area contributed by atoms with Crippen molar-refractivity contribution in [2.75, 3.05) is 39.3 Å². The van der Waals surface area contributed by atoms with E-state index in [2.05, 4.69) is 20.3 Å². The number of carboxylic acid groups (broad SMARTS) is 1. The minimum Gasteiger partial charge on any atom is -0.477 e. The first-order valence-corrected chi connectivity index (χ1v) is 46.7. The second-order valence-electron chi connectivity index (χ2n) is 36.2. The number of fused-ring (bicyclic) bond motifs is 3. The lowest BCUT2D eigenvalue weighted by Crippen LogP contribution is -2.65. The first kappa shape index (κ1) is 94.8. The van der Waals surface area contributed by atoms with Crippen LogP contribution >= 0.6 is 105 Å². The van der Waals surface area contributed by atoms with Gasteiger partial charge in [-0.15, -0.1) is 0 Å². The Hall–Kier alpha value is -8.39. The summed E-state index contributed by atoms with van der Waals surface area (Å²) in [5, 5.41) is 15.4. The molecule has 0 bridgehead atoms. The van der Waals surface area contributed by atoms with E-state index in [4.69, 9.17) is 84.6 Å². The molecule has 690 valence electrons. The van der Waals surface area contributed by atoms with Gasteiger partial charge in [0.1, 0.15) is 76.3 Å². The van der Waals surface area contributed by atoms with E-state index in [-0.39, 0.29) is 77.7 Å². The molecule has 22 nitrogen and oxygen atoms in total. The summed E-state index contributed by atoms with van der Waals surface area (Å²) in [7, 11) is 0. The third-order valence-corrected chi connectivity index (χ3v) is 30.9. The Bertz CT molecular complexity index is 5880. The van der Waals surface area contributed by atoms with Crippen molar-refractivity contribution in [2.45, 2.75) is 203 Å². The Balaban J connectivity index is 0.000000148. The quantitative estimate of drug-likeness (QED) is 0.0761. The number of carboxylic acids is 1. The molecular formula is C89H87Cl6F10N15O7S3. The Labute approximate surface area is 785 Å². The Kier molecular flexibility index (Phi) is 25.2. The highest BCUT2D eigenvalue weighted by Gasteiger charge is 2.65. The highest BCUT2D eigenvalue weighted by Crippen LogP contribution is 2.62. The number of hydrogen-bond acceptors (Lipinski definition) is 19. The summed E-state index contributed by atoms with van der Waals surface area (Å²) >= 11 is 39.4. The Morgan fingerprint density at radius 1 is 0.477 bits per heavy atom. The third kappa shape index (κ3) is 17.1. The molecule has 2 aliphatic carbocycles. The topological polar surface area (TPSA) is 236 Å². The van der Waals surface area contributed by atoms with Gasteiger partial charge < -0.3 is 49.6 Å². The number of carbonyl (C=O) groups is 6. The molecular weight excluding hydrogens is 1890 g/mol. The number of piperazine rings is 2. The number of nitrogens with zero attached hydrogens (tertiary/aromatic N) is 14. The molecule has 2 saturated carbocycles. The van der Waals surface area contributed by atoms with Crippen LogP contribution in [0.3, 0.4) is 0 Å². The number of aliphatic imine (C=N–C) groups is 3. The van der Waals surface area contributed by atoms with E-state index < -0.39 is 168 Å². The number of alkyl halides is 7. The van der Waals surface area contributed by atoms with E-state index in [1.807, 2.05) is 91.2 Å². The van der Waals surface area contributed by atoms with Crippen LogP contribution in [-0.4, -0.2) is 203 Å². The molecule has 41 heteroatoms. The summed E-state index contributed by atoms with van der Waals surface area (Å²) in [6.45, 7) is 18.7. The maximum Gasteiger partial charge on any atom is 0.471 e. The minimum absolute atomic E-state index is 0.0226. The predicted octanol–water partition coefficient (Wildman–Crippen LogP) is 19.4. The molecule has 18 rings (SSSR count). The number of halogens is 16. The molecule has 6 fully saturated rings. The fourth-order valence-electron chi connectivity index (χ4n) is 19.3. The van der Waals surface area contributed by atoms with Crippen molar-refractivity contribution < 1.29 is 77.8 Å². The zero-order chi connectivity index (χ0) is 94.0. The van der Waals surface area contributed by atoms with Crippen LogP contribution in [0.25, 0.3) is 0 Å². The molecule has 2 N–H and O–H groups in total. The van der Waals surface area contributed by atoms with Crippen molar-refractivity contribution in [3.05, 3.63) is 223 Å². The molecule has 5 amide bonds. The molecule has 130 heavy (non-hydrogen) atoms. The molecule has 3 aromatic carbocycles. The molecule has 10 atom stereocenters. The van der Waals surface area contributed by atoms with Gasteiger partial charge in [0.15, 0.2) is 15.5 Å². The summed E-state index contributed by atoms with van der Waals surface area (Å²) in [5.74, 6) is -15.0. The van der Waals surface area contributed by atoms with Gasteiger partial charge in [-0.05, 0) is 185 Å². The standard InChI is InChI=1S/C35H34Cl2F6N6O3S.C33H35Cl2F3N6O2S.C21H18Cl2FN3O2S/c1-17(2)25-26(53-31-45-32(4,20-6-8-24(37)44-13-20)27(49(25)31)19-5-7-21(36)22(38)11-19)29(51)47-16-34(39,40)12-23(47)28(50)46-15-33(9-10-33)48(14-18(46)3)30(52)35(41,42)43;1-17(2)25-26(29(46)43-16-33(37,38)12-23(43)28(45)42-15-32(9-10-32)40-13-18(42)3)47-30-41-31(4,20-6-8-24(35)39-14-20)27(44(25)30)19-5-7-21(34)22(36)11-19;1-10(2)16-17(19(28)29)30-20-26-21(3,12-5-7-15(23)25-9-12)18(27(16)20)11-4-6-13(22)14(24)8-11/h5-8,11,13,17-18,23,27H,9-10,12,14-16H2,1-4H3;5-8,11,14,17-18,23,27,40H,9-10,12-13,15-16H2,1-4H3;4-10,18H,1-3H3,(H,28,29)/t18-,23-,27+,32-;18-,23-,27+,31-;18-,21+/m001/s1. The molecule has 3 aromatic heterocycles. The van der Waals surface area contributed by atoms with Crippen LogP contribution in [0.4, 0.5) is 43.9 Å². The predicted molar refractivity (Wildman–Crippen MR) is 478 cm³/mol. The van der Waals surface area contributed by atoms with Crippen molar-refractivity contribution in [3.8, 4) is 0 Å². The summed E-state index contributed by atoms with van der Waals surface area (Å²) in [6.07, 6.45) is 0.298. The maximum absolute atomic E-state index is 15.3. The summed E-state index contributed by atoms with van der Waals surface area (Å²) in [6, 6.07) is 17.9. The first-order chi connectivity index (χ1) is 60.9. The van der Waals surface area contributed by atoms with Gasteiger partial charge in [0.2, 0.25) is 11.8 Å². The highest BCUT2D eigenvalue weighted by molar-refractivity contribution is 8.18. The molecule has 0 radical (unpaired) electrons. The average Bonchev–Trinajstić information content (AvgIpc) is 1.52. The van der Waals surface area contributed by atoms with Crippen LogP contribution in [0, 0.1) is 35.2 Å². The number of hydrogen-bond donors (Lipinski definition) is 2. The van der Waals surface area contributed by atoms with Crippen LogP contribution in [0.2, 0.25) is 30.5 Å². The van der Waals surface area contributed by atoms with E-state index in [1.165, 1.54) is 48.2 Å². The van der Waals surface area contributed by atoms with Gasteiger partial charge in [0, 0.05) is 109 Å². The number of pyridine rings is 3. The highest BCUT2D eigenvalue weighted by atomic mass is 35.5. The number of amidine groups is 3. The number of nitrogens with one attached hydrogen (secondary N) is 1. The van der Waals surface area contributed by atoms with Gasteiger partial charge in [0.05, 0.1) is 51.8 Å².